The van der Waals surface area contributed by atoms with Crippen LogP contribution in [0.3, 0.4) is 0 Å². The second kappa shape index (κ2) is 18.1. The number of pyridine rings is 2. The minimum absolute atomic E-state index is 0.0141. The highest BCUT2D eigenvalue weighted by Crippen LogP contribution is 2.41. The molecule has 19 heteroatoms. The van der Waals surface area contributed by atoms with Crippen LogP contribution in [-0.4, -0.2) is 152 Å². The molecule has 71 heavy (non-hydrogen) atoms. The van der Waals surface area contributed by atoms with Crippen molar-refractivity contribution in [2.24, 2.45) is 11.1 Å². The van der Waals surface area contributed by atoms with E-state index < -0.39 is 35.6 Å². The van der Waals surface area contributed by atoms with Gasteiger partial charge in [0.15, 0.2) is 5.69 Å². The van der Waals surface area contributed by atoms with Crippen molar-refractivity contribution in [3.05, 3.63) is 88.6 Å². The van der Waals surface area contributed by atoms with E-state index in [1.165, 1.54) is 11.3 Å². The number of primary amides is 1. The molecule has 0 radical (unpaired) electrons. The van der Waals surface area contributed by atoms with Crippen molar-refractivity contribution >= 4 is 64.0 Å². The molecule has 6 aliphatic heterocycles. The zero-order valence-corrected chi connectivity index (χ0v) is 40.6. The van der Waals surface area contributed by atoms with Crippen LogP contribution in [0.5, 0.6) is 0 Å². The summed E-state index contributed by atoms with van der Waals surface area (Å²) in [6.45, 7) is 12.7. The molecule has 3 aromatic heterocycles. The lowest BCUT2D eigenvalue weighted by Gasteiger charge is -2.47. The largest absolute Gasteiger partial charge is 0.394 e. The van der Waals surface area contributed by atoms with Gasteiger partial charge in [0.25, 0.3) is 23.6 Å². The molecule has 4 fully saturated rings. The first-order chi connectivity index (χ1) is 34.2. The number of benzene rings is 1. The molecule has 1 unspecified atom stereocenters. The van der Waals surface area contributed by atoms with Crippen LogP contribution in [0.1, 0.15) is 112 Å². The summed E-state index contributed by atoms with van der Waals surface area (Å²) < 4.78 is 2.22. The molecule has 1 aromatic carbocycles. The van der Waals surface area contributed by atoms with Crippen LogP contribution in [0.2, 0.25) is 0 Å². The molecule has 5 N–H and O–H groups in total. The van der Waals surface area contributed by atoms with Gasteiger partial charge in [0.2, 0.25) is 11.8 Å². The van der Waals surface area contributed by atoms with E-state index in [1.54, 1.807) is 18.3 Å². The molecule has 4 atom stereocenters. The smallest absolute Gasteiger partial charge is 0.270 e. The number of piperidine rings is 3. The Kier molecular flexibility index (Phi) is 11.8. The summed E-state index contributed by atoms with van der Waals surface area (Å²) in [7, 11) is 0. The Labute approximate surface area is 412 Å². The van der Waals surface area contributed by atoms with Crippen LogP contribution in [0, 0.1) is 5.41 Å². The van der Waals surface area contributed by atoms with Gasteiger partial charge >= 0.3 is 0 Å². The number of piperazine rings is 1. The van der Waals surface area contributed by atoms with Crippen LogP contribution >= 0.6 is 0 Å². The Bertz CT molecular complexity index is 2840. The number of nitrogens with two attached hydrogens (primary N) is 1. The Balaban J connectivity index is 0.707. The topological polar surface area (TPSA) is 223 Å². The molecule has 0 bridgehead atoms. The number of hydrogen-bond acceptors (Lipinski definition) is 14. The first-order valence-electron chi connectivity index (χ1n) is 25.2. The fraction of sp³-hybridized carbons (Fsp3) is 0.500. The molecule has 0 saturated carbocycles. The lowest BCUT2D eigenvalue weighted by atomic mass is 9.90. The predicted octanol–water partition coefficient (Wildman–Crippen LogP) is 3.31. The first kappa shape index (κ1) is 46.5. The number of aromatic nitrogens is 3. The number of nitrogens with one attached hydrogen (secondary N) is 2. The first-order valence-corrected chi connectivity index (χ1v) is 25.2. The van der Waals surface area contributed by atoms with Crippen molar-refractivity contribution in [3.63, 3.8) is 0 Å². The molecule has 4 saturated heterocycles. The van der Waals surface area contributed by atoms with E-state index in [0.29, 0.717) is 41.9 Å². The fourth-order valence-corrected chi connectivity index (χ4v) is 12.7. The Hall–Kier alpha value is -6.86. The van der Waals surface area contributed by atoms with Crippen molar-refractivity contribution in [1.82, 2.24) is 34.6 Å². The second-order valence-corrected chi connectivity index (χ2v) is 21.2. The van der Waals surface area contributed by atoms with E-state index in [4.69, 9.17) is 10.7 Å². The third-order valence-electron chi connectivity index (χ3n) is 16.2. The van der Waals surface area contributed by atoms with Crippen LogP contribution < -0.4 is 31.1 Å². The minimum Gasteiger partial charge on any atom is -0.394 e. The average molecular weight is 967 g/mol. The van der Waals surface area contributed by atoms with Gasteiger partial charge < -0.3 is 40.3 Å². The van der Waals surface area contributed by atoms with Crippen LogP contribution in [0.15, 0.2) is 54.9 Å². The monoisotopic (exact) mass is 966 g/mol. The second-order valence-electron chi connectivity index (χ2n) is 21.2. The number of aliphatic hydroxyl groups excluding tert-OH is 1. The zero-order chi connectivity index (χ0) is 49.5. The summed E-state index contributed by atoms with van der Waals surface area (Å²) in [5.41, 5.74) is 13.0. The van der Waals surface area contributed by atoms with Gasteiger partial charge in [0.05, 0.1) is 59.3 Å². The molecule has 7 aliphatic rings. The quantitative estimate of drug-likeness (QED) is 0.168. The number of amides is 6. The van der Waals surface area contributed by atoms with E-state index in [2.05, 4.69) is 66.6 Å². The van der Waals surface area contributed by atoms with Gasteiger partial charge in [0, 0.05) is 82.2 Å². The summed E-state index contributed by atoms with van der Waals surface area (Å²) in [6, 6.07) is 12.2. The SMILES string of the molecule is C[C@H]1CN(C2CCN(c3ccc4c(c3)C(=O)N(C3CCC(=O)NC3=O)C4=O)CC2)CCN1c1ccc(Nc2cc(N3CCC[C@@H](N4CCn5c(cc6c5CC(C)(C)C6)C4=O)[C@H]3CO)cnc2C(N)=O)nc1. The number of anilines is 5. The fourth-order valence-electron chi connectivity index (χ4n) is 12.7. The van der Waals surface area contributed by atoms with Gasteiger partial charge in [-0.3, -0.25) is 43.9 Å². The third-order valence-corrected chi connectivity index (χ3v) is 16.2. The van der Waals surface area contributed by atoms with Gasteiger partial charge in [-0.2, -0.15) is 0 Å². The van der Waals surface area contributed by atoms with Crippen LogP contribution in [0.4, 0.5) is 28.6 Å². The molecule has 4 aromatic rings. The van der Waals surface area contributed by atoms with Crippen LogP contribution in [-0.2, 0) is 29.0 Å². The van der Waals surface area contributed by atoms with Gasteiger partial charge in [-0.1, -0.05) is 13.8 Å². The molecule has 11 rings (SSSR count). The van der Waals surface area contributed by atoms with E-state index >= 15 is 0 Å². The zero-order valence-electron chi connectivity index (χ0n) is 40.6. The molecule has 1 aliphatic carbocycles. The molecule has 0 spiro atoms. The number of hydrogen-bond donors (Lipinski definition) is 4. The highest BCUT2D eigenvalue weighted by Gasteiger charge is 2.46. The molecule has 6 amide bonds. The van der Waals surface area contributed by atoms with Crippen LogP contribution in [0.25, 0.3) is 0 Å². The number of fused-ring (bicyclic) bond motifs is 4. The van der Waals surface area contributed by atoms with Gasteiger partial charge in [0.1, 0.15) is 17.6 Å². The maximum Gasteiger partial charge on any atom is 0.270 e. The lowest BCUT2D eigenvalue weighted by Crippen LogP contribution is -2.60. The molecular formula is C52H62N12O7. The average Bonchev–Trinajstić information content (AvgIpc) is 3.95. The Morgan fingerprint density at radius 2 is 1.56 bits per heavy atom. The van der Waals surface area contributed by atoms with Gasteiger partial charge in [-0.25, -0.2) is 9.97 Å². The Morgan fingerprint density at radius 3 is 2.30 bits per heavy atom. The molecule has 9 heterocycles. The van der Waals surface area contributed by atoms with E-state index in [9.17, 15) is 33.9 Å². The van der Waals surface area contributed by atoms with Crippen molar-refractivity contribution < 1.29 is 33.9 Å². The summed E-state index contributed by atoms with van der Waals surface area (Å²) in [5, 5.41) is 16.5. The van der Waals surface area contributed by atoms with Crippen molar-refractivity contribution in [1.29, 1.82) is 0 Å². The minimum atomic E-state index is -0.994. The molecule has 372 valence electrons. The summed E-state index contributed by atoms with van der Waals surface area (Å²) >= 11 is 0. The maximum absolute atomic E-state index is 14.1. The van der Waals surface area contributed by atoms with Gasteiger partial charge in [-0.05, 0) is 105 Å². The van der Waals surface area contributed by atoms with Gasteiger partial charge in [-0.15, -0.1) is 0 Å². The number of nitrogens with zero attached hydrogens (tertiary/aromatic N) is 9. The van der Waals surface area contributed by atoms with E-state index in [1.807, 2.05) is 35.4 Å². The maximum atomic E-state index is 14.1. The number of carbonyl (C=O) groups is 6. The molecule has 19 nitrogen and oxygen atoms in total. The van der Waals surface area contributed by atoms with Crippen molar-refractivity contribution in [2.75, 3.05) is 72.4 Å². The summed E-state index contributed by atoms with van der Waals surface area (Å²) in [4.78, 5) is 99.3. The van der Waals surface area contributed by atoms with E-state index in [-0.39, 0.29) is 60.2 Å². The normalized spacial score (nSPS) is 24.8. The number of carbonyl (C=O) groups excluding carboxylic acids is 6. The summed E-state index contributed by atoms with van der Waals surface area (Å²) in [5.74, 6) is -2.17. The lowest BCUT2D eigenvalue weighted by molar-refractivity contribution is -0.136. The number of aliphatic hydroxyl groups is 1. The number of imide groups is 2. The molecular weight excluding hydrogens is 905 g/mol. The Morgan fingerprint density at radius 1 is 0.803 bits per heavy atom. The highest BCUT2D eigenvalue weighted by atomic mass is 16.3. The number of rotatable bonds is 10. The standard InChI is InChI=1S/C52H62N12O7/c1-30-28-59(32-12-15-58(16-13-32)33-6-8-36-37(22-33)50(70)64(49(36)69)40-9-11-45(66)57-48(40)68)17-18-60(30)34-7-10-44(54-26-34)56-38-23-35(27-55-46(38)47(53)67)61-14-4-5-39(43(61)29-65)63-20-19-62-41(51(63)71)21-31-24-52(2,3)25-42(31)62/h6-8,10,21-23,26-27,30,32,39-40,43,65H,4-5,9,11-20,24-25,28-29H2,1-3H3,(H2,53,67)(H,54,56)(H,57,66,68)/t30-,39+,40?,43+/m0/s1. The summed E-state index contributed by atoms with van der Waals surface area (Å²) in [6.07, 6.45) is 9.06. The highest BCUT2D eigenvalue weighted by molar-refractivity contribution is 6.23. The van der Waals surface area contributed by atoms with Crippen molar-refractivity contribution in [2.45, 2.75) is 109 Å². The van der Waals surface area contributed by atoms with E-state index in [0.717, 1.165) is 99.8 Å². The van der Waals surface area contributed by atoms with Crippen molar-refractivity contribution in [3.8, 4) is 0 Å². The predicted molar refractivity (Wildman–Crippen MR) is 265 cm³/mol. The third kappa shape index (κ3) is 8.35.